The Hall–Kier alpha value is -18.0. The first-order chi connectivity index (χ1) is 67.8. The molecule has 0 unspecified atom stereocenters. The van der Waals surface area contributed by atoms with E-state index in [0.29, 0.717) is 0 Å². The lowest BCUT2D eigenvalue weighted by Crippen LogP contribution is -1.95. The second-order valence-corrected chi connectivity index (χ2v) is 36.3. The summed E-state index contributed by atoms with van der Waals surface area (Å²) in [6, 6.07) is 196. The average molecular weight is 1740 g/mol. The van der Waals surface area contributed by atoms with Crippen molar-refractivity contribution in [2.75, 3.05) is 0 Å². The van der Waals surface area contributed by atoms with Crippen molar-refractivity contribution in [1.29, 1.82) is 0 Å². The van der Waals surface area contributed by atoms with Crippen LogP contribution in [-0.4, -0.2) is 13.7 Å². The summed E-state index contributed by atoms with van der Waals surface area (Å²) in [4.78, 5) is 0. The van der Waals surface area contributed by atoms with Gasteiger partial charge >= 0.3 is 0 Å². The molecule has 0 radical (unpaired) electrons. The van der Waals surface area contributed by atoms with E-state index in [1.807, 2.05) is 0 Å². The summed E-state index contributed by atoms with van der Waals surface area (Å²) in [5.74, 6) is 0. The smallest absolute Gasteiger partial charge is 0.0541 e. The Balaban J connectivity index is 0.572. The Labute approximate surface area is 795 Å². The van der Waals surface area contributed by atoms with Gasteiger partial charge in [-0.15, -0.1) is 0 Å². The SMILES string of the molecule is c1ccc(-c2ccc(-c3cc(-c4cccc(-c5ccccc5)c4)cc(-c4cccc(-c5cccc(-n6c7ccc(-c8ccc9c(c8)c8ccccc8n9-c8cccc(-c9cccc(-c%10ccc%11cc(-c%12ccccc%12)ccc%11c%10)c9)c8)cc7c7cc(-c8ccc9c(c8)c8ccccc8n9-c8cccc(-c9cccc(-c%10ccc%11cc(-c%12ccccc%12)ccc%11c%10)c9)c8)ccc76)c5)c4)c3)cc2)cc1. The van der Waals surface area contributed by atoms with Crippen LogP contribution < -0.4 is 0 Å². The van der Waals surface area contributed by atoms with E-state index in [1.54, 1.807) is 0 Å². The highest BCUT2D eigenvalue weighted by atomic mass is 15.0. The van der Waals surface area contributed by atoms with Gasteiger partial charge in [0.1, 0.15) is 0 Å². The molecule has 0 saturated carbocycles. The molecule has 0 aliphatic heterocycles. The van der Waals surface area contributed by atoms with E-state index in [2.05, 4.69) is 541 Å². The summed E-state index contributed by atoms with van der Waals surface area (Å²) < 4.78 is 7.39. The molecule has 0 aliphatic rings. The lowest BCUT2D eigenvalue weighted by molar-refractivity contribution is 1.18. The van der Waals surface area contributed by atoms with Crippen molar-refractivity contribution in [3.05, 3.63) is 528 Å². The van der Waals surface area contributed by atoms with E-state index in [9.17, 15) is 0 Å². The summed E-state index contributed by atoms with van der Waals surface area (Å²) in [7, 11) is 0. The third-order valence-corrected chi connectivity index (χ3v) is 28.1. The molecule has 23 aromatic carbocycles. The van der Waals surface area contributed by atoms with Crippen molar-refractivity contribution in [2.24, 2.45) is 0 Å². The van der Waals surface area contributed by atoms with Gasteiger partial charge in [-0.25, -0.2) is 0 Å². The second kappa shape index (κ2) is 33.7. The summed E-state index contributed by atoms with van der Waals surface area (Å²) >= 11 is 0. The van der Waals surface area contributed by atoms with Crippen LogP contribution in [0.5, 0.6) is 0 Å². The Morgan fingerprint density at radius 2 is 0.255 bits per heavy atom. The van der Waals surface area contributed by atoms with E-state index in [4.69, 9.17) is 0 Å². The van der Waals surface area contributed by atoms with Crippen LogP contribution in [0, 0.1) is 0 Å². The van der Waals surface area contributed by atoms with Gasteiger partial charge in [0, 0.05) is 49.4 Å². The maximum absolute atomic E-state index is 2.49. The minimum atomic E-state index is 1.08. The van der Waals surface area contributed by atoms with Crippen LogP contribution in [0.25, 0.3) is 260 Å². The first-order valence-electron chi connectivity index (χ1n) is 47.3. The Morgan fingerprint density at radius 1 is 0.0876 bits per heavy atom. The van der Waals surface area contributed by atoms with Gasteiger partial charge < -0.3 is 13.7 Å². The third-order valence-electron chi connectivity index (χ3n) is 28.1. The minimum Gasteiger partial charge on any atom is -0.309 e. The summed E-state index contributed by atoms with van der Waals surface area (Å²) in [6.07, 6.45) is 0. The summed E-state index contributed by atoms with van der Waals surface area (Å²) in [5.41, 5.74) is 43.1. The Morgan fingerprint density at radius 3 is 0.562 bits per heavy atom. The normalized spacial score (nSPS) is 11.6. The van der Waals surface area contributed by atoms with E-state index < -0.39 is 0 Å². The number of rotatable bonds is 17. The van der Waals surface area contributed by atoms with Gasteiger partial charge in [0.15, 0.2) is 0 Å². The lowest BCUT2D eigenvalue weighted by Gasteiger charge is -2.14. The predicted molar refractivity (Wildman–Crippen MR) is 581 cm³/mol. The molecule has 0 aliphatic carbocycles. The molecule has 0 spiro atoms. The van der Waals surface area contributed by atoms with Crippen LogP contribution in [0.4, 0.5) is 0 Å². The van der Waals surface area contributed by atoms with Crippen molar-refractivity contribution in [3.8, 4) is 173 Å². The van der Waals surface area contributed by atoms with Gasteiger partial charge in [-0.2, -0.15) is 0 Å². The van der Waals surface area contributed by atoms with Crippen molar-refractivity contribution in [1.82, 2.24) is 13.7 Å². The number of benzene rings is 23. The standard InChI is InChI=1S/C134H87N3/c1-5-24-88(25-6-1)92-50-52-93(53-51-92)117-78-118(100-38-17-32-94(70-100)89-26-7-2-8-27-89)80-119(79-117)101-39-20-35-97(73-101)104-42-23-45-122(83-104)137-133-68-64-115(113-62-66-131-125(84-113)123-46-13-15-48-129(123)135(131)120-43-21-40-102(81-120)95-33-18-36-98(71-95)107-58-60-109-74-105(54-56-111(109)76-107)90-28-9-3-10-29-90)86-127(133)128-87-116(65-69-134(128)137)114-63-67-132-126(85-114)124-47-14-16-49-130(124)136(132)121-44-22-41-103(82-121)96-34-19-37-99(72-96)108-59-61-110-75-106(55-57-112(110)77-108)91-30-11-4-12-31-91/h1-87H. The molecule has 3 aromatic heterocycles. The first-order valence-corrected chi connectivity index (χ1v) is 47.3. The summed E-state index contributed by atoms with van der Waals surface area (Å²) in [5, 5.41) is 12.1. The van der Waals surface area contributed by atoms with Gasteiger partial charge in [0.05, 0.1) is 33.1 Å². The molecular weight excluding hydrogens is 1650 g/mol. The van der Waals surface area contributed by atoms with Crippen LogP contribution in [0.1, 0.15) is 0 Å². The maximum atomic E-state index is 2.49. The zero-order chi connectivity index (χ0) is 90.4. The van der Waals surface area contributed by atoms with Gasteiger partial charge in [-0.3, -0.25) is 0 Å². The number of para-hydroxylation sites is 2. The monoisotopic (exact) mass is 1740 g/mol. The Bertz CT molecular complexity index is 8870. The molecule has 26 aromatic rings. The molecule has 0 atom stereocenters. The highest BCUT2D eigenvalue weighted by molar-refractivity contribution is 6.15. The second-order valence-electron chi connectivity index (χ2n) is 36.3. The third kappa shape index (κ3) is 14.8. The van der Waals surface area contributed by atoms with E-state index in [0.717, 1.165) is 122 Å². The van der Waals surface area contributed by atoms with Crippen molar-refractivity contribution < 1.29 is 0 Å². The van der Waals surface area contributed by atoms with Crippen LogP contribution in [0.2, 0.25) is 0 Å². The van der Waals surface area contributed by atoms with Crippen LogP contribution in [-0.2, 0) is 0 Å². The lowest BCUT2D eigenvalue weighted by atomic mass is 9.91. The number of hydrogen-bond acceptors (Lipinski definition) is 0. The fraction of sp³-hybridized carbons (Fsp3) is 0. The van der Waals surface area contributed by atoms with Gasteiger partial charge in [-0.1, -0.05) is 364 Å². The highest BCUT2D eigenvalue weighted by Crippen LogP contribution is 2.46. The highest BCUT2D eigenvalue weighted by Gasteiger charge is 2.23. The molecule has 0 fully saturated rings. The Kier molecular flexibility index (Phi) is 19.6. The number of nitrogens with zero attached hydrogens (tertiary/aromatic N) is 3. The molecule has 0 N–H and O–H groups in total. The number of fused-ring (bicyclic) bond motifs is 11. The minimum absolute atomic E-state index is 1.08. The molecule has 0 saturated heterocycles. The van der Waals surface area contributed by atoms with Gasteiger partial charge in [-0.05, 0) is 341 Å². The molecule has 638 valence electrons. The van der Waals surface area contributed by atoms with E-state index in [1.165, 1.54) is 137 Å². The number of hydrogen-bond donors (Lipinski definition) is 0. The van der Waals surface area contributed by atoms with Crippen molar-refractivity contribution >= 4 is 87.0 Å². The maximum Gasteiger partial charge on any atom is 0.0541 e. The van der Waals surface area contributed by atoms with Crippen LogP contribution >= 0.6 is 0 Å². The predicted octanol–water partition coefficient (Wildman–Crippen LogP) is 36.6. The zero-order valence-electron chi connectivity index (χ0n) is 75.1. The molecule has 0 amide bonds. The average Bonchev–Trinajstić information content (AvgIpc) is 1.57. The molecule has 26 rings (SSSR count). The van der Waals surface area contributed by atoms with Crippen LogP contribution in [0.15, 0.2) is 528 Å². The first kappa shape index (κ1) is 79.9. The van der Waals surface area contributed by atoms with Crippen LogP contribution in [0.3, 0.4) is 0 Å². The molecule has 3 nitrogen and oxygen atoms in total. The largest absolute Gasteiger partial charge is 0.309 e. The molecule has 0 bridgehead atoms. The molecular formula is C134H87N3. The van der Waals surface area contributed by atoms with E-state index >= 15 is 0 Å². The van der Waals surface area contributed by atoms with Gasteiger partial charge in [0.25, 0.3) is 0 Å². The van der Waals surface area contributed by atoms with E-state index in [-0.39, 0.29) is 0 Å². The molecule has 3 heterocycles. The topological polar surface area (TPSA) is 14.8 Å². The fourth-order valence-electron chi connectivity index (χ4n) is 21.2. The molecule has 137 heavy (non-hydrogen) atoms. The number of aromatic nitrogens is 3. The summed E-state index contributed by atoms with van der Waals surface area (Å²) in [6.45, 7) is 0. The fourth-order valence-corrected chi connectivity index (χ4v) is 21.2. The van der Waals surface area contributed by atoms with Crippen molar-refractivity contribution in [3.63, 3.8) is 0 Å². The molecule has 3 heteroatoms. The van der Waals surface area contributed by atoms with Gasteiger partial charge in [0.2, 0.25) is 0 Å². The zero-order valence-corrected chi connectivity index (χ0v) is 75.1. The quantitative estimate of drug-likeness (QED) is 0.0863. The van der Waals surface area contributed by atoms with Crippen molar-refractivity contribution in [2.45, 2.75) is 0 Å².